The molecular weight excluding hydrogens is 502 g/mol. The normalized spacial score (nSPS) is 25.8. The van der Waals surface area contributed by atoms with Gasteiger partial charge in [0, 0.05) is 6.54 Å². The highest BCUT2D eigenvalue weighted by Crippen LogP contribution is 2.65. The number of likely N-dealkylation sites (tertiary alicyclic amines) is 1. The lowest BCUT2D eigenvalue weighted by Gasteiger charge is -2.37. The van der Waals surface area contributed by atoms with Crippen LogP contribution in [0.25, 0.3) is 0 Å². The molecule has 220 valence electrons. The Labute approximate surface area is 232 Å². The molecule has 10 heteroatoms. The lowest BCUT2D eigenvalue weighted by atomic mass is 9.83. The van der Waals surface area contributed by atoms with Crippen molar-refractivity contribution >= 4 is 29.7 Å². The fourth-order valence-electron chi connectivity index (χ4n) is 6.48. The number of nitrogens with zero attached hydrogens (tertiary/aromatic N) is 1. The minimum Gasteiger partial charge on any atom is -0.463 e. The number of hydrogen-bond acceptors (Lipinski definition) is 7. The molecule has 2 N–H and O–H groups in total. The van der Waals surface area contributed by atoms with E-state index < -0.39 is 47.5 Å². The van der Waals surface area contributed by atoms with Crippen LogP contribution in [0.1, 0.15) is 87.0 Å². The predicted octanol–water partition coefficient (Wildman–Crippen LogP) is 3.22. The second kappa shape index (κ2) is 11.8. The zero-order valence-electron chi connectivity index (χ0n) is 24.8. The fraction of sp³-hybridized carbons (Fsp3) is 0.828. The van der Waals surface area contributed by atoms with Crippen molar-refractivity contribution in [1.29, 1.82) is 0 Å². The Morgan fingerprint density at radius 2 is 1.62 bits per heavy atom. The number of amides is 3. The van der Waals surface area contributed by atoms with Gasteiger partial charge >= 0.3 is 12.1 Å². The Balaban J connectivity index is 1.86. The van der Waals surface area contributed by atoms with E-state index in [4.69, 9.17) is 4.74 Å². The highest BCUT2D eigenvalue weighted by atomic mass is 16.6. The van der Waals surface area contributed by atoms with E-state index in [1.165, 1.54) is 0 Å². The first kappa shape index (κ1) is 30.9. The molecule has 3 fully saturated rings. The number of alkyl carbamates (subject to hydrolysis) is 1. The zero-order chi connectivity index (χ0) is 29.3. The summed E-state index contributed by atoms with van der Waals surface area (Å²) in [5.41, 5.74) is -0.860. The summed E-state index contributed by atoms with van der Waals surface area (Å²) in [6, 6.07) is -2.65. The van der Waals surface area contributed by atoms with Crippen molar-refractivity contribution in [2.24, 2.45) is 29.1 Å². The van der Waals surface area contributed by atoms with Gasteiger partial charge in [-0.2, -0.15) is 0 Å². The number of ether oxygens (including phenoxy) is 2. The molecule has 2 aliphatic carbocycles. The summed E-state index contributed by atoms with van der Waals surface area (Å²) >= 11 is 0. The molecule has 0 bridgehead atoms. The third-order valence-electron chi connectivity index (χ3n) is 8.55. The molecule has 2 unspecified atom stereocenters. The van der Waals surface area contributed by atoms with Crippen LogP contribution in [-0.2, 0) is 28.7 Å². The van der Waals surface area contributed by atoms with Gasteiger partial charge in [-0.05, 0) is 69.1 Å². The Bertz CT molecular complexity index is 964. The van der Waals surface area contributed by atoms with Crippen LogP contribution in [0.3, 0.4) is 0 Å². The van der Waals surface area contributed by atoms with Gasteiger partial charge in [0.25, 0.3) is 5.78 Å². The second-order valence-electron chi connectivity index (χ2n) is 13.5. The predicted molar refractivity (Wildman–Crippen MR) is 144 cm³/mol. The third-order valence-corrected chi connectivity index (χ3v) is 8.55. The van der Waals surface area contributed by atoms with Crippen LogP contribution in [0.15, 0.2) is 0 Å². The summed E-state index contributed by atoms with van der Waals surface area (Å²) in [5.74, 6) is -2.54. The Morgan fingerprint density at radius 1 is 1.00 bits per heavy atom. The molecule has 0 aromatic heterocycles. The SMILES string of the molecule is COC(=O)C(=O)C(CC(C)C)NC(=O)[C@@H]1[C@@H]2C(CN1C(=O)[C@@H](NC(=O)OC(C)(C)C)C1CCCCC1)C2(C)C. The molecule has 0 spiro atoms. The largest absolute Gasteiger partial charge is 0.463 e. The van der Waals surface area contributed by atoms with Crippen molar-refractivity contribution in [3.63, 3.8) is 0 Å². The molecule has 0 aromatic carbocycles. The van der Waals surface area contributed by atoms with Crippen LogP contribution in [-0.4, -0.2) is 71.9 Å². The number of carbonyl (C=O) groups excluding carboxylic acids is 5. The van der Waals surface area contributed by atoms with Crippen LogP contribution < -0.4 is 10.6 Å². The lowest BCUT2D eigenvalue weighted by molar-refractivity contribution is -0.153. The first-order valence-corrected chi connectivity index (χ1v) is 14.3. The van der Waals surface area contributed by atoms with E-state index in [2.05, 4.69) is 29.2 Å². The Hall–Kier alpha value is -2.65. The minimum atomic E-state index is -1.04. The average Bonchev–Trinajstić information content (AvgIpc) is 3.17. The van der Waals surface area contributed by atoms with Crippen molar-refractivity contribution in [3.8, 4) is 0 Å². The molecule has 1 heterocycles. The second-order valence-corrected chi connectivity index (χ2v) is 13.5. The molecule has 0 aromatic rings. The van der Waals surface area contributed by atoms with E-state index in [9.17, 15) is 24.0 Å². The number of rotatable bonds is 9. The zero-order valence-corrected chi connectivity index (χ0v) is 24.8. The quantitative estimate of drug-likeness (QED) is 0.333. The Morgan fingerprint density at radius 3 is 2.15 bits per heavy atom. The maximum atomic E-state index is 14.1. The molecule has 1 aliphatic heterocycles. The number of fused-ring (bicyclic) bond motifs is 1. The molecule has 3 rings (SSSR count). The summed E-state index contributed by atoms with van der Waals surface area (Å²) in [6.07, 6.45) is 4.25. The fourth-order valence-corrected chi connectivity index (χ4v) is 6.48. The van der Waals surface area contributed by atoms with E-state index >= 15 is 0 Å². The van der Waals surface area contributed by atoms with Gasteiger partial charge in [0.1, 0.15) is 17.7 Å². The number of methoxy groups -OCH3 is 1. The number of carbonyl (C=O) groups is 5. The van der Waals surface area contributed by atoms with Gasteiger partial charge in [0.2, 0.25) is 11.8 Å². The van der Waals surface area contributed by atoms with Gasteiger partial charge < -0.3 is 25.0 Å². The number of nitrogens with one attached hydrogen (secondary N) is 2. The van der Waals surface area contributed by atoms with Crippen molar-refractivity contribution in [2.75, 3.05) is 13.7 Å². The molecule has 3 amide bonds. The van der Waals surface area contributed by atoms with Gasteiger partial charge in [0.15, 0.2) is 0 Å². The van der Waals surface area contributed by atoms with Gasteiger partial charge in [0.05, 0.1) is 13.2 Å². The van der Waals surface area contributed by atoms with E-state index in [1.54, 1.807) is 25.7 Å². The average molecular weight is 550 g/mol. The number of esters is 1. The summed E-state index contributed by atoms with van der Waals surface area (Å²) in [7, 11) is 1.13. The van der Waals surface area contributed by atoms with Crippen LogP contribution in [0.2, 0.25) is 0 Å². The van der Waals surface area contributed by atoms with Crippen LogP contribution in [0, 0.1) is 29.1 Å². The maximum Gasteiger partial charge on any atom is 0.408 e. The number of piperidine rings is 1. The molecule has 1 saturated heterocycles. The van der Waals surface area contributed by atoms with Crippen LogP contribution >= 0.6 is 0 Å². The number of Topliss-reactive ketones (excluding diaryl/α,β-unsaturated/α-hetero) is 1. The highest BCUT2D eigenvalue weighted by molar-refractivity contribution is 6.36. The monoisotopic (exact) mass is 549 g/mol. The van der Waals surface area contributed by atoms with Crippen molar-refractivity contribution in [1.82, 2.24) is 15.5 Å². The lowest BCUT2D eigenvalue weighted by Crippen LogP contribution is -2.59. The molecule has 10 nitrogen and oxygen atoms in total. The number of hydrogen-bond donors (Lipinski definition) is 2. The molecule has 5 atom stereocenters. The Kier molecular flexibility index (Phi) is 9.38. The molecule has 2 saturated carbocycles. The van der Waals surface area contributed by atoms with Crippen molar-refractivity contribution in [2.45, 2.75) is 111 Å². The van der Waals surface area contributed by atoms with E-state index in [-0.39, 0.29) is 41.4 Å². The molecule has 3 aliphatic rings. The van der Waals surface area contributed by atoms with E-state index in [1.807, 2.05) is 13.8 Å². The molecule has 0 radical (unpaired) electrons. The molecular formula is C29H47N3O7. The van der Waals surface area contributed by atoms with Crippen LogP contribution in [0.4, 0.5) is 4.79 Å². The smallest absolute Gasteiger partial charge is 0.408 e. The molecule has 39 heavy (non-hydrogen) atoms. The van der Waals surface area contributed by atoms with E-state index in [0.29, 0.717) is 6.54 Å². The number of ketones is 1. The summed E-state index contributed by atoms with van der Waals surface area (Å²) in [5, 5.41) is 5.62. The minimum absolute atomic E-state index is 0.0315. The summed E-state index contributed by atoms with van der Waals surface area (Å²) < 4.78 is 10.1. The van der Waals surface area contributed by atoms with E-state index in [0.717, 1.165) is 39.2 Å². The standard InChI is InChI=1S/C29H47N3O7/c1-16(2)14-19(23(33)26(36)38-8)30-24(34)22-20-18(29(20,6)7)15-32(22)25(35)21(17-12-10-9-11-13-17)31-27(37)39-28(3,4)5/h16-22H,9-15H2,1-8H3,(H,30,34)(H,31,37)/t18?,19?,20-,21-,22-/m0/s1. The van der Waals surface area contributed by atoms with Gasteiger partial charge in [-0.25, -0.2) is 9.59 Å². The van der Waals surface area contributed by atoms with Crippen molar-refractivity contribution < 1.29 is 33.4 Å². The topological polar surface area (TPSA) is 131 Å². The summed E-state index contributed by atoms with van der Waals surface area (Å²) in [6.45, 7) is 13.6. The summed E-state index contributed by atoms with van der Waals surface area (Å²) in [4.78, 5) is 67.0. The first-order valence-electron chi connectivity index (χ1n) is 14.3. The van der Waals surface area contributed by atoms with Crippen molar-refractivity contribution in [3.05, 3.63) is 0 Å². The van der Waals surface area contributed by atoms with Crippen LogP contribution in [0.5, 0.6) is 0 Å². The highest BCUT2D eigenvalue weighted by Gasteiger charge is 2.69. The van der Waals surface area contributed by atoms with Gasteiger partial charge in [-0.1, -0.05) is 47.0 Å². The van der Waals surface area contributed by atoms with Gasteiger partial charge in [-0.15, -0.1) is 0 Å². The first-order chi connectivity index (χ1) is 18.1. The van der Waals surface area contributed by atoms with Gasteiger partial charge in [-0.3, -0.25) is 14.4 Å². The third kappa shape index (κ3) is 7.11. The maximum absolute atomic E-state index is 14.1.